The first-order valence-electron chi connectivity index (χ1n) is 6.29. The highest BCUT2D eigenvalue weighted by Gasteiger charge is 2.29. The van der Waals surface area contributed by atoms with Crippen molar-refractivity contribution in [2.75, 3.05) is 6.54 Å². The Balaban J connectivity index is 2.31. The summed E-state index contributed by atoms with van der Waals surface area (Å²) in [4.78, 5) is 0. The summed E-state index contributed by atoms with van der Waals surface area (Å²) in [6.45, 7) is 5.14. The van der Waals surface area contributed by atoms with Gasteiger partial charge in [-0.1, -0.05) is 26.0 Å². The maximum Gasteiger partial charge on any atom is 0.416 e. The number of alkyl halides is 3. The Bertz CT molecular complexity index is 341. The van der Waals surface area contributed by atoms with Crippen LogP contribution >= 0.6 is 0 Å². The van der Waals surface area contributed by atoms with Crippen LogP contribution in [-0.2, 0) is 12.6 Å². The minimum absolute atomic E-state index is 0.482. The molecule has 0 saturated carbocycles. The smallest absolute Gasteiger partial charge is 0.315 e. The number of nitrogens with one attached hydrogen (secondary N) is 1. The van der Waals surface area contributed by atoms with E-state index >= 15 is 0 Å². The molecule has 1 aromatic carbocycles. The lowest BCUT2D eigenvalue weighted by Crippen LogP contribution is -2.23. The highest BCUT2D eigenvalue weighted by atomic mass is 19.4. The van der Waals surface area contributed by atoms with E-state index in [-0.39, 0.29) is 0 Å². The molecule has 0 saturated heterocycles. The Morgan fingerprint density at radius 2 is 1.67 bits per heavy atom. The number of aryl methyl sites for hydroxylation is 1. The van der Waals surface area contributed by atoms with Crippen LogP contribution in [0.25, 0.3) is 0 Å². The Hall–Kier alpha value is -1.03. The van der Waals surface area contributed by atoms with Crippen LogP contribution < -0.4 is 5.32 Å². The average Bonchev–Trinajstić information content (AvgIpc) is 2.27. The summed E-state index contributed by atoms with van der Waals surface area (Å²) in [5.74, 6) is 0. The lowest BCUT2D eigenvalue weighted by Gasteiger charge is -2.09. The molecule has 1 rings (SSSR count). The third-order valence-electron chi connectivity index (χ3n) is 2.73. The van der Waals surface area contributed by atoms with Crippen molar-refractivity contribution in [2.45, 2.75) is 45.3 Å². The van der Waals surface area contributed by atoms with E-state index in [0.717, 1.165) is 43.5 Å². The fourth-order valence-corrected chi connectivity index (χ4v) is 1.71. The number of benzene rings is 1. The molecule has 1 N–H and O–H groups in total. The van der Waals surface area contributed by atoms with Crippen LogP contribution in [0.4, 0.5) is 13.2 Å². The second-order valence-corrected chi connectivity index (χ2v) is 4.76. The number of hydrogen-bond acceptors (Lipinski definition) is 1. The van der Waals surface area contributed by atoms with E-state index < -0.39 is 11.7 Å². The zero-order chi connectivity index (χ0) is 13.6. The fourth-order valence-electron chi connectivity index (χ4n) is 1.71. The van der Waals surface area contributed by atoms with E-state index in [2.05, 4.69) is 19.2 Å². The molecule has 0 heterocycles. The van der Waals surface area contributed by atoms with Crippen LogP contribution in [0.3, 0.4) is 0 Å². The lowest BCUT2D eigenvalue weighted by molar-refractivity contribution is -0.137. The fraction of sp³-hybridized carbons (Fsp3) is 0.571. The molecule has 0 radical (unpaired) electrons. The molecule has 0 aliphatic carbocycles. The minimum Gasteiger partial charge on any atom is -0.315 e. The van der Waals surface area contributed by atoms with Crippen LogP contribution in [-0.4, -0.2) is 12.6 Å². The summed E-state index contributed by atoms with van der Waals surface area (Å²) in [6.07, 6.45) is -1.37. The molecule has 0 aliphatic rings. The highest BCUT2D eigenvalue weighted by molar-refractivity contribution is 5.24. The van der Waals surface area contributed by atoms with Gasteiger partial charge < -0.3 is 5.32 Å². The number of unbranched alkanes of at least 4 members (excludes halogenated alkanes) is 1. The van der Waals surface area contributed by atoms with Gasteiger partial charge in [-0.3, -0.25) is 0 Å². The molecule has 1 aromatic rings. The molecule has 4 heteroatoms. The van der Waals surface area contributed by atoms with Gasteiger partial charge in [0.1, 0.15) is 0 Å². The number of hydrogen-bond donors (Lipinski definition) is 1. The maximum atomic E-state index is 12.3. The van der Waals surface area contributed by atoms with E-state index in [9.17, 15) is 13.2 Å². The molecule has 0 fully saturated rings. The molecule has 0 amide bonds. The molecule has 0 aliphatic heterocycles. The first-order chi connectivity index (χ1) is 8.39. The van der Waals surface area contributed by atoms with Crippen molar-refractivity contribution in [1.29, 1.82) is 0 Å². The Morgan fingerprint density at radius 3 is 2.17 bits per heavy atom. The van der Waals surface area contributed by atoms with Crippen LogP contribution in [0.15, 0.2) is 24.3 Å². The predicted octanol–water partition coefficient (Wildman–Crippen LogP) is 4.03. The number of rotatable bonds is 6. The molecule has 18 heavy (non-hydrogen) atoms. The summed E-state index contributed by atoms with van der Waals surface area (Å²) >= 11 is 0. The predicted molar refractivity (Wildman–Crippen MR) is 67.5 cm³/mol. The van der Waals surface area contributed by atoms with Crippen molar-refractivity contribution < 1.29 is 13.2 Å². The summed E-state index contributed by atoms with van der Waals surface area (Å²) in [5, 5.41) is 3.31. The zero-order valence-electron chi connectivity index (χ0n) is 10.8. The monoisotopic (exact) mass is 259 g/mol. The standard InChI is InChI=1S/C14H20F3N/c1-11(2)18-10-4-3-5-12-6-8-13(9-7-12)14(15,16)17/h6-9,11,18H,3-5,10H2,1-2H3. The van der Waals surface area contributed by atoms with E-state index in [1.165, 1.54) is 0 Å². The minimum atomic E-state index is -4.24. The van der Waals surface area contributed by atoms with Crippen LogP contribution in [0, 0.1) is 0 Å². The third kappa shape index (κ3) is 5.54. The molecule has 102 valence electrons. The van der Waals surface area contributed by atoms with E-state index in [4.69, 9.17) is 0 Å². The van der Waals surface area contributed by atoms with Gasteiger partial charge in [-0.25, -0.2) is 0 Å². The van der Waals surface area contributed by atoms with Gasteiger partial charge in [0.2, 0.25) is 0 Å². The molecule has 0 aromatic heterocycles. The first kappa shape index (κ1) is 15.0. The van der Waals surface area contributed by atoms with Gasteiger partial charge in [0, 0.05) is 6.04 Å². The van der Waals surface area contributed by atoms with Gasteiger partial charge in [0.05, 0.1) is 5.56 Å². The SMILES string of the molecule is CC(C)NCCCCc1ccc(C(F)(F)F)cc1. The van der Waals surface area contributed by atoms with Gasteiger partial charge in [-0.05, 0) is 43.5 Å². The van der Waals surface area contributed by atoms with Gasteiger partial charge in [-0.15, -0.1) is 0 Å². The summed E-state index contributed by atoms with van der Waals surface area (Å²) in [6, 6.07) is 5.93. The lowest BCUT2D eigenvalue weighted by atomic mass is 10.1. The molecule has 1 nitrogen and oxygen atoms in total. The quantitative estimate of drug-likeness (QED) is 0.761. The van der Waals surface area contributed by atoms with E-state index in [1.54, 1.807) is 12.1 Å². The molecule has 0 spiro atoms. The third-order valence-corrected chi connectivity index (χ3v) is 2.73. The summed E-state index contributed by atoms with van der Waals surface area (Å²) < 4.78 is 37.0. The molecular weight excluding hydrogens is 239 g/mol. The Labute approximate surface area is 106 Å². The summed E-state index contributed by atoms with van der Waals surface area (Å²) in [7, 11) is 0. The maximum absolute atomic E-state index is 12.3. The van der Waals surface area contributed by atoms with Crippen LogP contribution in [0.5, 0.6) is 0 Å². The van der Waals surface area contributed by atoms with Gasteiger partial charge >= 0.3 is 6.18 Å². The molecule has 0 bridgehead atoms. The van der Waals surface area contributed by atoms with Crippen molar-refractivity contribution in [3.8, 4) is 0 Å². The van der Waals surface area contributed by atoms with Gasteiger partial charge in [0.15, 0.2) is 0 Å². The second kappa shape index (κ2) is 6.78. The van der Waals surface area contributed by atoms with E-state index in [1.807, 2.05) is 0 Å². The second-order valence-electron chi connectivity index (χ2n) is 4.76. The van der Waals surface area contributed by atoms with Crippen molar-refractivity contribution in [3.05, 3.63) is 35.4 Å². The summed E-state index contributed by atoms with van der Waals surface area (Å²) in [5.41, 5.74) is 0.389. The normalized spacial score (nSPS) is 12.1. The van der Waals surface area contributed by atoms with Crippen LogP contribution in [0.2, 0.25) is 0 Å². The zero-order valence-corrected chi connectivity index (χ0v) is 10.8. The average molecular weight is 259 g/mol. The van der Waals surface area contributed by atoms with Crippen molar-refractivity contribution in [3.63, 3.8) is 0 Å². The largest absolute Gasteiger partial charge is 0.416 e. The molecule has 0 unspecified atom stereocenters. The Morgan fingerprint density at radius 1 is 1.06 bits per heavy atom. The van der Waals surface area contributed by atoms with E-state index in [0.29, 0.717) is 6.04 Å². The highest BCUT2D eigenvalue weighted by Crippen LogP contribution is 2.29. The van der Waals surface area contributed by atoms with Crippen LogP contribution in [0.1, 0.15) is 37.8 Å². The van der Waals surface area contributed by atoms with Crippen molar-refractivity contribution in [1.82, 2.24) is 5.32 Å². The van der Waals surface area contributed by atoms with Gasteiger partial charge in [-0.2, -0.15) is 13.2 Å². The molecule has 0 atom stereocenters. The van der Waals surface area contributed by atoms with Crippen molar-refractivity contribution in [2.24, 2.45) is 0 Å². The van der Waals surface area contributed by atoms with Gasteiger partial charge in [0.25, 0.3) is 0 Å². The topological polar surface area (TPSA) is 12.0 Å². The number of halogens is 3. The Kier molecular flexibility index (Phi) is 5.66. The van der Waals surface area contributed by atoms with Crippen molar-refractivity contribution >= 4 is 0 Å². The molecular formula is C14H20F3N. The first-order valence-corrected chi connectivity index (χ1v) is 6.29.